The van der Waals surface area contributed by atoms with Gasteiger partial charge in [0.15, 0.2) is 0 Å². The minimum Gasteiger partial charge on any atom is -0.508 e. The number of amides is 1. The Morgan fingerprint density at radius 2 is 1.56 bits per heavy atom. The summed E-state index contributed by atoms with van der Waals surface area (Å²) in [5.41, 5.74) is 1.09. The molecule has 0 unspecified atom stereocenters. The maximum atomic E-state index is 12.2. The van der Waals surface area contributed by atoms with Crippen molar-refractivity contribution in [3.63, 3.8) is 0 Å². The Morgan fingerprint density at radius 3 is 2.08 bits per heavy atom. The predicted octanol–water partition coefficient (Wildman–Crippen LogP) is 1.76. The van der Waals surface area contributed by atoms with Crippen molar-refractivity contribution in [1.82, 2.24) is 4.83 Å². The quantitative estimate of drug-likeness (QED) is 0.475. The molecule has 0 aliphatic carbocycles. The number of rotatable bonds is 5. The summed E-state index contributed by atoms with van der Waals surface area (Å²) in [5, 5.41) is 25.2. The fraction of sp³-hybridized carbons (Fsp3) is 0.125. The largest absolute Gasteiger partial charge is 0.508 e. The lowest BCUT2D eigenvalue weighted by Crippen LogP contribution is -2.20. The lowest BCUT2D eigenvalue weighted by molar-refractivity contribution is -0.114. The van der Waals surface area contributed by atoms with Gasteiger partial charge in [-0.2, -0.15) is 18.4 Å². The second-order valence-electron chi connectivity index (χ2n) is 5.24. The number of hydrazone groups is 1. The van der Waals surface area contributed by atoms with Crippen LogP contribution in [0.5, 0.6) is 11.5 Å². The van der Waals surface area contributed by atoms with E-state index in [1.54, 1.807) is 0 Å². The second kappa shape index (κ2) is 7.22. The lowest BCUT2D eigenvalue weighted by atomic mass is 10.1. The molecule has 25 heavy (non-hydrogen) atoms. The van der Waals surface area contributed by atoms with Gasteiger partial charge in [-0.05, 0) is 43.3 Å². The van der Waals surface area contributed by atoms with Crippen LogP contribution in [-0.4, -0.2) is 30.2 Å². The highest BCUT2D eigenvalue weighted by Crippen LogP contribution is 2.21. The predicted molar refractivity (Wildman–Crippen MR) is 93.0 cm³/mol. The first kappa shape index (κ1) is 18.3. The van der Waals surface area contributed by atoms with E-state index in [9.17, 15) is 23.4 Å². The van der Waals surface area contributed by atoms with Gasteiger partial charge in [0.05, 0.1) is 10.6 Å². The van der Waals surface area contributed by atoms with Crippen molar-refractivity contribution in [2.75, 3.05) is 5.32 Å². The molecular formula is C16H17N3O5S. The van der Waals surface area contributed by atoms with Crippen molar-refractivity contribution in [2.24, 2.45) is 5.10 Å². The van der Waals surface area contributed by atoms with Gasteiger partial charge in [0.2, 0.25) is 5.91 Å². The number of carbonyl (C=O) groups is 1. The minimum absolute atomic E-state index is 0.0306. The van der Waals surface area contributed by atoms with Crippen LogP contribution in [-0.2, 0) is 14.8 Å². The maximum Gasteiger partial charge on any atom is 0.276 e. The highest BCUT2D eigenvalue weighted by molar-refractivity contribution is 7.89. The number of phenols is 2. The van der Waals surface area contributed by atoms with Gasteiger partial charge in [-0.3, -0.25) is 4.79 Å². The highest BCUT2D eigenvalue weighted by Gasteiger charge is 2.13. The Bertz CT molecular complexity index is 901. The number of sulfonamides is 1. The fourth-order valence-electron chi connectivity index (χ4n) is 1.97. The van der Waals surface area contributed by atoms with Gasteiger partial charge in [-0.25, -0.2) is 0 Å². The van der Waals surface area contributed by atoms with Crippen LogP contribution < -0.4 is 10.1 Å². The van der Waals surface area contributed by atoms with Gasteiger partial charge in [-0.15, -0.1) is 0 Å². The van der Waals surface area contributed by atoms with E-state index in [2.05, 4.69) is 15.2 Å². The average Bonchev–Trinajstić information content (AvgIpc) is 2.51. The Hall–Kier alpha value is -3.07. The molecule has 0 fully saturated rings. The zero-order chi connectivity index (χ0) is 18.6. The summed E-state index contributed by atoms with van der Waals surface area (Å²) < 4.78 is 24.5. The summed E-state index contributed by atoms with van der Waals surface area (Å²) in [4.78, 5) is 13.0. The molecule has 2 rings (SSSR count). The van der Waals surface area contributed by atoms with Crippen molar-refractivity contribution in [1.29, 1.82) is 0 Å². The van der Waals surface area contributed by atoms with Crippen molar-refractivity contribution in [3.8, 4) is 11.5 Å². The SMILES string of the molecule is CC(=O)Nc1ccc(S(=O)(=O)NN=C(C)c2cc(O)cc(O)c2)cc1. The zero-order valence-electron chi connectivity index (χ0n) is 13.5. The number of hydrogen-bond donors (Lipinski definition) is 4. The van der Waals surface area contributed by atoms with Crippen molar-refractivity contribution in [3.05, 3.63) is 48.0 Å². The van der Waals surface area contributed by atoms with Gasteiger partial charge in [0, 0.05) is 24.2 Å². The summed E-state index contributed by atoms with van der Waals surface area (Å²) in [6.07, 6.45) is 0. The summed E-state index contributed by atoms with van der Waals surface area (Å²) in [6.45, 7) is 2.87. The molecule has 0 saturated heterocycles. The standard InChI is InChI=1S/C16H17N3O5S/c1-10(12-7-14(21)9-15(22)8-12)18-19-25(23,24)16-5-3-13(4-6-16)17-11(2)20/h3-9,19,21-22H,1-2H3,(H,17,20). The molecule has 0 saturated carbocycles. The first-order valence-electron chi connectivity index (χ1n) is 7.14. The molecule has 2 aromatic rings. The van der Waals surface area contributed by atoms with Crippen LogP contribution in [0.25, 0.3) is 0 Å². The molecule has 0 atom stereocenters. The third-order valence-electron chi connectivity index (χ3n) is 3.14. The van der Waals surface area contributed by atoms with Crippen molar-refractivity contribution in [2.45, 2.75) is 18.7 Å². The van der Waals surface area contributed by atoms with Crippen LogP contribution >= 0.6 is 0 Å². The number of anilines is 1. The van der Waals surface area contributed by atoms with E-state index in [1.165, 1.54) is 50.2 Å². The van der Waals surface area contributed by atoms with E-state index in [4.69, 9.17) is 0 Å². The molecule has 9 heteroatoms. The zero-order valence-corrected chi connectivity index (χ0v) is 14.3. The van der Waals surface area contributed by atoms with Gasteiger partial charge >= 0.3 is 0 Å². The lowest BCUT2D eigenvalue weighted by Gasteiger charge is -2.07. The average molecular weight is 363 g/mol. The molecule has 0 aliphatic rings. The number of hydrogen-bond acceptors (Lipinski definition) is 6. The Morgan fingerprint density at radius 1 is 1.00 bits per heavy atom. The Balaban J connectivity index is 2.18. The van der Waals surface area contributed by atoms with E-state index in [0.717, 1.165) is 6.07 Å². The summed E-state index contributed by atoms with van der Waals surface area (Å²) >= 11 is 0. The molecule has 0 bridgehead atoms. The van der Waals surface area contributed by atoms with E-state index in [1.807, 2.05) is 0 Å². The van der Waals surface area contributed by atoms with E-state index in [-0.39, 0.29) is 28.0 Å². The Labute approximate surface area is 144 Å². The minimum atomic E-state index is -3.90. The number of nitrogens with zero attached hydrogens (tertiary/aromatic N) is 1. The van der Waals surface area contributed by atoms with Crippen LogP contribution in [0.1, 0.15) is 19.4 Å². The molecule has 0 heterocycles. The summed E-state index contributed by atoms with van der Waals surface area (Å²) in [6, 6.07) is 9.42. The van der Waals surface area contributed by atoms with E-state index < -0.39 is 10.0 Å². The number of nitrogens with one attached hydrogen (secondary N) is 2. The van der Waals surface area contributed by atoms with Gasteiger partial charge in [-0.1, -0.05) is 0 Å². The monoisotopic (exact) mass is 363 g/mol. The van der Waals surface area contributed by atoms with Crippen molar-refractivity contribution >= 4 is 27.3 Å². The molecule has 132 valence electrons. The third kappa shape index (κ3) is 4.95. The summed E-state index contributed by atoms with van der Waals surface area (Å²) in [5.74, 6) is -0.592. The first-order chi connectivity index (χ1) is 11.7. The number of aromatic hydroxyl groups is 2. The molecule has 1 amide bonds. The second-order valence-corrected chi connectivity index (χ2v) is 6.90. The van der Waals surface area contributed by atoms with Crippen LogP contribution in [0.2, 0.25) is 0 Å². The molecule has 2 aromatic carbocycles. The first-order valence-corrected chi connectivity index (χ1v) is 8.63. The van der Waals surface area contributed by atoms with Gasteiger partial charge in [0.25, 0.3) is 10.0 Å². The molecule has 4 N–H and O–H groups in total. The molecule has 8 nitrogen and oxygen atoms in total. The fourth-order valence-corrected chi connectivity index (χ4v) is 2.83. The highest BCUT2D eigenvalue weighted by atomic mass is 32.2. The number of benzene rings is 2. The van der Waals surface area contributed by atoms with Crippen LogP contribution in [0, 0.1) is 0 Å². The topological polar surface area (TPSA) is 128 Å². The smallest absolute Gasteiger partial charge is 0.276 e. The third-order valence-corrected chi connectivity index (χ3v) is 4.36. The van der Waals surface area contributed by atoms with Crippen LogP contribution in [0.15, 0.2) is 52.5 Å². The van der Waals surface area contributed by atoms with Crippen LogP contribution in [0.3, 0.4) is 0 Å². The van der Waals surface area contributed by atoms with E-state index in [0.29, 0.717) is 11.3 Å². The summed E-state index contributed by atoms with van der Waals surface area (Å²) in [7, 11) is -3.90. The number of carbonyl (C=O) groups excluding carboxylic acids is 1. The van der Waals surface area contributed by atoms with Gasteiger partial charge in [0.1, 0.15) is 11.5 Å². The Kier molecular flexibility index (Phi) is 5.28. The van der Waals surface area contributed by atoms with Crippen molar-refractivity contribution < 1.29 is 23.4 Å². The normalized spacial score (nSPS) is 11.8. The molecular weight excluding hydrogens is 346 g/mol. The number of phenolic OH excluding ortho intramolecular Hbond substituents is 2. The van der Waals surface area contributed by atoms with E-state index >= 15 is 0 Å². The molecule has 0 aromatic heterocycles. The molecule has 0 aliphatic heterocycles. The molecule has 0 radical (unpaired) electrons. The maximum absolute atomic E-state index is 12.2. The van der Waals surface area contributed by atoms with Crippen LogP contribution in [0.4, 0.5) is 5.69 Å². The molecule has 0 spiro atoms. The van der Waals surface area contributed by atoms with Gasteiger partial charge < -0.3 is 15.5 Å².